The SMILES string of the molecule is NC(=S)c1ccc(CN(CC2CC2)CC2CC2)cc1. The van der Waals surface area contributed by atoms with Crippen molar-refractivity contribution in [3.8, 4) is 0 Å². The third kappa shape index (κ3) is 4.02. The first-order valence-corrected chi connectivity index (χ1v) is 7.72. The molecule has 0 bridgehead atoms. The van der Waals surface area contributed by atoms with E-state index in [2.05, 4.69) is 17.0 Å². The highest BCUT2D eigenvalue weighted by Gasteiger charge is 2.29. The Morgan fingerprint density at radius 1 is 1.05 bits per heavy atom. The van der Waals surface area contributed by atoms with Gasteiger partial charge in [-0.25, -0.2) is 0 Å². The second-order valence-electron chi connectivity index (χ2n) is 6.14. The third-order valence-corrected chi connectivity index (χ3v) is 4.31. The van der Waals surface area contributed by atoms with Gasteiger partial charge in [0.05, 0.1) is 0 Å². The third-order valence-electron chi connectivity index (χ3n) is 4.07. The van der Waals surface area contributed by atoms with E-state index in [1.165, 1.54) is 44.3 Å². The molecule has 2 saturated carbocycles. The lowest BCUT2D eigenvalue weighted by molar-refractivity contribution is 0.244. The lowest BCUT2D eigenvalue weighted by atomic mass is 10.1. The quantitative estimate of drug-likeness (QED) is 0.775. The summed E-state index contributed by atoms with van der Waals surface area (Å²) in [5, 5.41) is 0. The fraction of sp³-hybridized carbons (Fsp3) is 0.562. The van der Waals surface area contributed by atoms with Crippen LogP contribution in [-0.2, 0) is 6.54 Å². The molecule has 3 heteroatoms. The number of benzene rings is 1. The Kier molecular flexibility index (Phi) is 3.85. The van der Waals surface area contributed by atoms with Gasteiger partial charge in [-0.1, -0.05) is 36.5 Å². The first-order chi connectivity index (χ1) is 9.20. The van der Waals surface area contributed by atoms with Crippen molar-refractivity contribution in [3.63, 3.8) is 0 Å². The Labute approximate surface area is 121 Å². The number of nitrogens with two attached hydrogens (primary N) is 1. The fourth-order valence-electron chi connectivity index (χ4n) is 2.57. The van der Waals surface area contributed by atoms with Crippen LogP contribution in [0.3, 0.4) is 0 Å². The van der Waals surface area contributed by atoms with Crippen molar-refractivity contribution in [2.75, 3.05) is 13.1 Å². The minimum absolute atomic E-state index is 0.486. The molecule has 0 atom stereocenters. The first kappa shape index (κ1) is 13.1. The first-order valence-electron chi connectivity index (χ1n) is 7.32. The van der Waals surface area contributed by atoms with Crippen LogP contribution in [0.1, 0.15) is 36.8 Å². The van der Waals surface area contributed by atoms with E-state index >= 15 is 0 Å². The molecule has 0 aliphatic heterocycles. The maximum Gasteiger partial charge on any atom is 0.103 e. The summed E-state index contributed by atoms with van der Waals surface area (Å²) in [5.74, 6) is 1.93. The summed E-state index contributed by atoms with van der Waals surface area (Å²) in [7, 11) is 0. The molecule has 2 fully saturated rings. The van der Waals surface area contributed by atoms with E-state index in [1.54, 1.807) is 0 Å². The van der Waals surface area contributed by atoms with Gasteiger partial charge >= 0.3 is 0 Å². The van der Waals surface area contributed by atoms with Crippen LogP contribution in [0, 0.1) is 11.8 Å². The highest BCUT2D eigenvalue weighted by Crippen LogP contribution is 2.34. The maximum atomic E-state index is 5.63. The van der Waals surface area contributed by atoms with Crippen molar-refractivity contribution in [1.29, 1.82) is 0 Å². The van der Waals surface area contributed by atoms with Gasteiger partial charge in [-0.3, -0.25) is 4.90 Å². The molecule has 2 nitrogen and oxygen atoms in total. The molecule has 0 radical (unpaired) electrons. The van der Waals surface area contributed by atoms with Gasteiger partial charge in [-0.05, 0) is 43.1 Å². The molecular formula is C16H22N2S. The summed E-state index contributed by atoms with van der Waals surface area (Å²) in [4.78, 5) is 3.13. The van der Waals surface area contributed by atoms with Crippen LogP contribution in [0.4, 0.5) is 0 Å². The highest BCUT2D eigenvalue weighted by atomic mass is 32.1. The lowest BCUT2D eigenvalue weighted by Crippen LogP contribution is -2.27. The summed E-state index contributed by atoms with van der Waals surface area (Å²) in [5.41, 5.74) is 7.98. The number of nitrogens with zero attached hydrogens (tertiary/aromatic N) is 1. The van der Waals surface area contributed by atoms with Gasteiger partial charge in [-0.2, -0.15) is 0 Å². The van der Waals surface area contributed by atoms with Crippen molar-refractivity contribution < 1.29 is 0 Å². The van der Waals surface area contributed by atoms with Gasteiger partial charge in [-0.15, -0.1) is 0 Å². The molecule has 3 rings (SSSR count). The van der Waals surface area contributed by atoms with Crippen molar-refractivity contribution in [2.45, 2.75) is 32.2 Å². The molecule has 0 spiro atoms. The average Bonchev–Trinajstić information content (AvgIpc) is 3.26. The topological polar surface area (TPSA) is 29.3 Å². The molecule has 0 unspecified atom stereocenters. The minimum atomic E-state index is 0.486. The Hall–Kier alpha value is -0.930. The Bertz CT molecular complexity index is 432. The average molecular weight is 274 g/mol. The zero-order chi connectivity index (χ0) is 13.2. The molecule has 19 heavy (non-hydrogen) atoms. The van der Waals surface area contributed by atoms with Gasteiger partial charge in [0.15, 0.2) is 0 Å². The molecule has 1 aromatic rings. The largest absolute Gasteiger partial charge is 0.389 e. The van der Waals surface area contributed by atoms with Gasteiger partial charge in [0.25, 0.3) is 0 Å². The Morgan fingerprint density at radius 3 is 2.00 bits per heavy atom. The van der Waals surface area contributed by atoms with Crippen LogP contribution in [0.15, 0.2) is 24.3 Å². The lowest BCUT2D eigenvalue weighted by Gasteiger charge is -2.22. The van der Waals surface area contributed by atoms with Crippen molar-refractivity contribution in [3.05, 3.63) is 35.4 Å². The predicted octanol–water partition coefficient (Wildman–Crippen LogP) is 2.94. The smallest absolute Gasteiger partial charge is 0.103 e. The summed E-state index contributed by atoms with van der Waals surface area (Å²) in [6.45, 7) is 3.64. The van der Waals surface area contributed by atoms with Crippen molar-refractivity contribution >= 4 is 17.2 Å². The van der Waals surface area contributed by atoms with Crippen molar-refractivity contribution in [1.82, 2.24) is 4.90 Å². The number of thiocarbonyl (C=S) groups is 1. The molecular weight excluding hydrogens is 252 g/mol. The van der Waals surface area contributed by atoms with Gasteiger partial charge < -0.3 is 5.73 Å². The van der Waals surface area contributed by atoms with Crippen LogP contribution >= 0.6 is 12.2 Å². The zero-order valence-corrected chi connectivity index (χ0v) is 12.2. The zero-order valence-electron chi connectivity index (χ0n) is 11.3. The van der Waals surface area contributed by atoms with E-state index in [9.17, 15) is 0 Å². The molecule has 0 saturated heterocycles. The molecule has 0 amide bonds. The summed E-state index contributed by atoms with van der Waals surface area (Å²) < 4.78 is 0. The number of rotatable bonds is 7. The Balaban J connectivity index is 1.60. The molecule has 0 aromatic heterocycles. The molecule has 102 valence electrons. The van der Waals surface area contributed by atoms with Crippen molar-refractivity contribution in [2.24, 2.45) is 17.6 Å². The molecule has 2 N–H and O–H groups in total. The fourth-order valence-corrected chi connectivity index (χ4v) is 2.70. The second kappa shape index (κ2) is 5.59. The standard InChI is InChI=1S/C16H22N2S/c17-16(19)15-7-5-14(6-8-15)11-18(9-12-1-2-12)10-13-3-4-13/h5-8,12-13H,1-4,9-11H2,(H2,17,19). The maximum absolute atomic E-state index is 5.63. The van der Waals surface area contributed by atoms with E-state index in [0.717, 1.165) is 23.9 Å². The van der Waals surface area contributed by atoms with Gasteiger partial charge in [0.2, 0.25) is 0 Å². The van der Waals surface area contributed by atoms with Crippen LogP contribution in [0.25, 0.3) is 0 Å². The highest BCUT2D eigenvalue weighted by molar-refractivity contribution is 7.80. The molecule has 2 aliphatic carbocycles. The monoisotopic (exact) mass is 274 g/mol. The summed E-state index contributed by atoms with van der Waals surface area (Å²) in [6, 6.07) is 8.43. The number of hydrogen-bond donors (Lipinski definition) is 1. The summed E-state index contributed by atoms with van der Waals surface area (Å²) in [6.07, 6.45) is 5.73. The van der Waals surface area contributed by atoms with E-state index in [0.29, 0.717) is 4.99 Å². The predicted molar refractivity (Wildman–Crippen MR) is 83.1 cm³/mol. The van der Waals surface area contributed by atoms with E-state index in [1.807, 2.05) is 12.1 Å². The minimum Gasteiger partial charge on any atom is -0.389 e. The second-order valence-corrected chi connectivity index (χ2v) is 6.58. The van der Waals surface area contributed by atoms with Crippen LogP contribution in [-0.4, -0.2) is 23.0 Å². The van der Waals surface area contributed by atoms with E-state index < -0.39 is 0 Å². The molecule has 1 aromatic carbocycles. The van der Waals surface area contributed by atoms with E-state index in [-0.39, 0.29) is 0 Å². The van der Waals surface area contributed by atoms with E-state index in [4.69, 9.17) is 18.0 Å². The van der Waals surface area contributed by atoms with Crippen LogP contribution in [0.2, 0.25) is 0 Å². The molecule has 2 aliphatic rings. The normalized spacial score (nSPS) is 18.8. The summed E-state index contributed by atoms with van der Waals surface area (Å²) >= 11 is 4.99. The molecule has 0 heterocycles. The Morgan fingerprint density at radius 2 is 1.58 bits per heavy atom. The van der Waals surface area contributed by atoms with Crippen LogP contribution < -0.4 is 5.73 Å². The van der Waals surface area contributed by atoms with Gasteiger partial charge in [0, 0.05) is 25.2 Å². The number of hydrogen-bond acceptors (Lipinski definition) is 2. The van der Waals surface area contributed by atoms with Crippen LogP contribution in [0.5, 0.6) is 0 Å². The van der Waals surface area contributed by atoms with Gasteiger partial charge in [0.1, 0.15) is 4.99 Å².